The SMILES string of the molecule is CC(C)COC(=O)Nc1ccnc(=O)n1[C@@H]1O[C@H](CO)[C@@H](OC(=O)CCc2ccccc2)C1(F)F. The molecule has 1 aliphatic rings. The molecule has 0 saturated carbocycles. The first-order chi connectivity index (χ1) is 16.6. The molecular weight excluding hydrogens is 468 g/mol. The molecule has 1 aromatic carbocycles. The van der Waals surface area contributed by atoms with Crippen molar-refractivity contribution in [1.29, 1.82) is 0 Å². The summed E-state index contributed by atoms with van der Waals surface area (Å²) >= 11 is 0. The van der Waals surface area contributed by atoms with E-state index in [1.54, 1.807) is 44.2 Å². The number of anilines is 1. The Hall–Kier alpha value is -3.38. The summed E-state index contributed by atoms with van der Waals surface area (Å²) < 4.78 is 46.5. The molecule has 1 aliphatic heterocycles. The van der Waals surface area contributed by atoms with Gasteiger partial charge in [-0.2, -0.15) is 8.78 Å². The quantitative estimate of drug-likeness (QED) is 0.508. The molecule has 35 heavy (non-hydrogen) atoms. The molecule has 2 heterocycles. The third-order valence-corrected chi connectivity index (χ3v) is 5.14. The number of rotatable bonds is 9. The Labute approximate surface area is 199 Å². The Balaban J connectivity index is 1.79. The van der Waals surface area contributed by atoms with E-state index in [1.165, 1.54) is 0 Å². The van der Waals surface area contributed by atoms with Crippen LogP contribution in [0.15, 0.2) is 47.4 Å². The van der Waals surface area contributed by atoms with Gasteiger partial charge >= 0.3 is 23.7 Å². The van der Waals surface area contributed by atoms with Gasteiger partial charge in [-0.25, -0.2) is 19.1 Å². The number of aliphatic hydroxyl groups is 1. The molecule has 1 amide bonds. The third kappa shape index (κ3) is 6.40. The summed E-state index contributed by atoms with van der Waals surface area (Å²) in [6, 6.07) is 10.0. The van der Waals surface area contributed by atoms with Crippen LogP contribution in [-0.4, -0.2) is 58.1 Å². The minimum atomic E-state index is -3.94. The van der Waals surface area contributed by atoms with Gasteiger partial charge in [0.2, 0.25) is 6.23 Å². The molecule has 0 radical (unpaired) electrons. The van der Waals surface area contributed by atoms with Crippen molar-refractivity contribution >= 4 is 17.9 Å². The number of ether oxygens (including phenoxy) is 3. The molecule has 3 rings (SSSR count). The van der Waals surface area contributed by atoms with Crippen molar-refractivity contribution in [3.63, 3.8) is 0 Å². The third-order valence-electron chi connectivity index (χ3n) is 5.14. The molecule has 190 valence electrons. The van der Waals surface area contributed by atoms with Gasteiger partial charge < -0.3 is 19.3 Å². The van der Waals surface area contributed by atoms with Crippen molar-refractivity contribution in [3.8, 4) is 0 Å². The topological polar surface area (TPSA) is 129 Å². The molecule has 2 aromatic rings. The van der Waals surface area contributed by atoms with Crippen LogP contribution in [-0.2, 0) is 25.4 Å². The first kappa shape index (κ1) is 26.2. The maximum Gasteiger partial charge on any atom is 0.412 e. The molecule has 1 saturated heterocycles. The smallest absolute Gasteiger partial charge is 0.412 e. The highest BCUT2D eigenvalue weighted by atomic mass is 19.3. The highest BCUT2D eigenvalue weighted by Gasteiger charge is 2.62. The van der Waals surface area contributed by atoms with Gasteiger partial charge in [0, 0.05) is 12.6 Å². The average Bonchev–Trinajstić information content (AvgIpc) is 3.06. The van der Waals surface area contributed by atoms with Gasteiger partial charge in [0.15, 0.2) is 6.10 Å². The van der Waals surface area contributed by atoms with Crippen LogP contribution < -0.4 is 11.0 Å². The van der Waals surface area contributed by atoms with Crippen LogP contribution in [0.25, 0.3) is 0 Å². The van der Waals surface area contributed by atoms with Crippen molar-refractivity contribution in [1.82, 2.24) is 9.55 Å². The first-order valence-electron chi connectivity index (χ1n) is 11.0. The number of aryl methyl sites for hydroxylation is 1. The summed E-state index contributed by atoms with van der Waals surface area (Å²) in [4.78, 5) is 40.3. The number of hydrogen-bond acceptors (Lipinski definition) is 8. The summed E-state index contributed by atoms with van der Waals surface area (Å²) in [5, 5.41) is 11.8. The zero-order valence-corrected chi connectivity index (χ0v) is 19.2. The van der Waals surface area contributed by atoms with E-state index in [0.717, 1.165) is 17.8 Å². The maximum absolute atomic E-state index is 15.4. The molecule has 10 nitrogen and oxygen atoms in total. The predicted octanol–water partition coefficient (Wildman–Crippen LogP) is 2.52. The van der Waals surface area contributed by atoms with Gasteiger partial charge in [-0.15, -0.1) is 0 Å². The lowest BCUT2D eigenvalue weighted by Crippen LogP contribution is -2.45. The fourth-order valence-electron chi connectivity index (χ4n) is 3.46. The highest BCUT2D eigenvalue weighted by Crippen LogP contribution is 2.44. The van der Waals surface area contributed by atoms with Gasteiger partial charge in [-0.1, -0.05) is 44.2 Å². The highest BCUT2D eigenvalue weighted by molar-refractivity contribution is 5.83. The molecular formula is C23H27F2N3O7. The summed E-state index contributed by atoms with van der Waals surface area (Å²) in [6.45, 7) is 2.76. The number of carbonyl (C=O) groups is 2. The predicted molar refractivity (Wildman–Crippen MR) is 119 cm³/mol. The van der Waals surface area contributed by atoms with Crippen molar-refractivity contribution in [2.75, 3.05) is 18.5 Å². The summed E-state index contributed by atoms with van der Waals surface area (Å²) in [5.41, 5.74) is -0.332. The molecule has 0 bridgehead atoms. The Morgan fingerprint density at radius 2 is 1.97 bits per heavy atom. The van der Waals surface area contributed by atoms with Crippen molar-refractivity contribution in [2.24, 2.45) is 5.92 Å². The fraction of sp³-hybridized carbons (Fsp3) is 0.478. The van der Waals surface area contributed by atoms with Crippen LogP contribution in [0.2, 0.25) is 0 Å². The fourth-order valence-corrected chi connectivity index (χ4v) is 3.46. The number of amides is 1. The number of nitrogens with one attached hydrogen (secondary N) is 1. The second-order valence-electron chi connectivity index (χ2n) is 8.38. The Kier molecular flexibility index (Phi) is 8.52. The number of aromatic nitrogens is 2. The van der Waals surface area contributed by atoms with Crippen molar-refractivity contribution in [3.05, 3.63) is 58.6 Å². The molecule has 12 heteroatoms. The summed E-state index contributed by atoms with van der Waals surface area (Å²) in [7, 11) is 0. The number of aliphatic hydroxyl groups excluding tert-OH is 1. The normalized spacial score (nSPS) is 21.0. The van der Waals surface area contributed by atoms with Gasteiger partial charge in [-0.05, 0) is 24.0 Å². The summed E-state index contributed by atoms with van der Waals surface area (Å²) in [5.74, 6) is -5.21. The van der Waals surface area contributed by atoms with Crippen LogP contribution >= 0.6 is 0 Å². The molecule has 0 spiro atoms. The average molecular weight is 495 g/mol. The number of nitrogens with zero attached hydrogens (tertiary/aromatic N) is 2. The number of benzene rings is 1. The maximum atomic E-state index is 15.4. The molecule has 3 atom stereocenters. The standard InChI is InChI=1S/C23H27F2N3O7/c1-14(2)13-33-22(32)27-17-10-11-26-21(31)28(17)20-23(24,25)19(16(12-29)34-20)35-18(30)9-8-15-6-4-3-5-7-15/h3-7,10-11,14,16,19-20,29H,8-9,12-13H2,1-2H3,(H,27,32)/t16-,19-,20-/m1/s1. The van der Waals surface area contributed by atoms with Crippen molar-refractivity contribution in [2.45, 2.75) is 51.0 Å². The van der Waals surface area contributed by atoms with Gasteiger partial charge in [0.1, 0.15) is 11.9 Å². The van der Waals surface area contributed by atoms with E-state index in [0.29, 0.717) is 4.57 Å². The number of carbonyl (C=O) groups excluding carboxylic acids is 2. The van der Waals surface area contributed by atoms with E-state index < -0.39 is 48.7 Å². The minimum absolute atomic E-state index is 0.0190. The van der Waals surface area contributed by atoms with Crippen LogP contribution in [0.4, 0.5) is 19.4 Å². The number of hydrogen-bond donors (Lipinski definition) is 2. The lowest BCUT2D eigenvalue weighted by Gasteiger charge is -2.25. The van der Waals surface area contributed by atoms with Crippen molar-refractivity contribution < 1.29 is 37.7 Å². The minimum Gasteiger partial charge on any atom is -0.453 e. The van der Waals surface area contributed by atoms with E-state index in [-0.39, 0.29) is 31.2 Å². The monoisotopic (exact) mass is 495 g/mol. The Morgan fingerprint density at radius 3 is 2.63 bits per heavy atom. The number of alkyl halides is 2. The van der Waals surface area contributed by atoms with E-state index >= 15 is 8.78 Å². The zero-order valence-electron chi connectivity index (χ0n) is 19.2. The van der Waals surface area contributed by atoms with Crippen LogP contribution in [0.3, 0.4) is 0 Å². The van der Waals surface area contributed by atoms with E-state index in [1.807, 2.05) is 0 Å². The van der Waals surface area contributed by atoms with Crippen LogP contribution in [0.1, 0.15) is 32.1 Å². The zero-order chi connectivity index (χ0) is 25.6. The molecule has 0 aliphatic carbocycles. The molecule has 0 unspecified atom stereocenters. The van der Waals surface area contributed by atoms with Gasteiger partial charge in [0.25, 0.3) is 0 Å². The van der Waals surface area contributed by atoms with Crippen LogP contribution in [0, 0.1) is 5.92 Å². The number of esters is 1. The van der Waals surface area contributed by atoms with E-state index in [9.17, 15) is 19.5 Å². The second kappa shape index (κ2) is 11.4. The Bertz CT molecular complexity index is 1080. The first-order valence-corrected chi connectivity index (χ1v) is 11.0. The molecule has 2 N–H and O–H groups in total. The second-order valence-corrected chi connectivity index (χ2v) is 8.38. The summed E-state index contributed by atoms with van der Waals surface area (Å²) in [6.07, 6.45) is -5.97. The lowest BCUT2D eigenvalue weighted by atomic mass is 10.1. The molecule has 1 aromatic heterocycles. The largest absolute Gasteiger partial charge is 0.453 e. The van der Waals surface area contributed by atoms with E-state index in [4.69, 9.17) is 14.2 Å². The number of halogens is 2. The lowest BCUT2D eigenvalue weighted by molar-refractivity contribution is -0.176. The Morgan fingerprint density at radius 1 is 1.26 bits per heavy atom. The van der Waals surface area contributed by atoms with Gasteiger partial charge in [0.05, 0.1) is 13.2 Å². The molecule has 1 fully saturated rings. The van der Waals surface area contributed by atoms with Gasteiger partial charge in [-0.3, -0.25) is 10.1 Å². The van der Waals surface area contributed by atoms with E-state index in [2.05, 4.69) is 10.3 Å². The van der Waals surface area contributed by atoms with Crippen LogP contribution in [0.5, 0.6) is 0 Å².